The zero-order chi connectivity index (χ0) is 14.4. The molecule has 1 saturated carbocycles. The van der Waals surface area contributed by atoms with Crippen LogP contribution in [0.3, 0.4) is 0 Å². The molecule has 5 heteroatoms. The highest BCUT2D eigenvalue weighted by Crippen LogP contribution is 2.56. The summed E-state index contributed by atoms with van der Waals surface area (Å²) in [6, 6.07) is 6.34. The number of nitrogens with zero attached hydrogens (tertiary/aromatic N) is 1. The fourth-order valence-electron chi connectivity index (χ4n) is 3.23. The molecule has 108 valence electrons. The highest BCUT2D eigenvalue weighted by Gasteiger charge is 2.42. The van der Waals surface area contributed by atoms with Crippen LogP contribution in [0.2, 0.25) is 0 Å². The molecule has 1 aromatic carbocycles. The summed E-state index contributed by atoms with van der Waals surface area (Å²) >= 11 is 0. The van der Waals surface area contributed by atoms with Crippen LogP contribution in [0.1, 0.15) is 42.0 Å². The monoisotopic (exact) mass is 283 g/mol. The molecule has 0 radical (unpaired) electrons. The number of amides is 1. The van der Waals surface area contributed by atoms with E-state index in [1.165, 1.54) is 18.1 Å². The Morgan fingerprint density at radius 2 is 2.33 bits per heavy atom. The second-order valence-corrected chi connectivity index (χ2v) is 5.74. The summed E-state index contributed by atoms with van der Waals surface area (Å²) in [4.78, 5) is 18.4. The van der Waals surface area contributed by atoms with Crippen molar-refractivity contribution in [1.29, 1.82) is 0 Å². The smallest absolute Gasteiger partial charge is 0.223 e. The van der Waals surface area contributed by atoms with Gasteiger partial charge in [0.2, 0.25) is 11.9 Å². The Kier molecular flexibility index (Phi) is 2.74. The van der Waals surface area contributed by atoms with E-state index in [0.717, 1.165) is 30.9 Å². The zero-order valence-corrected chi connectivity index (χ0v) is 11.8. The number of hydrogen-bond acceptors (Lipinski definition) is 3. The van der Waals surface area contributed by atoms with Crippen LogP contribution in [0.15, 0.2) is 24.4 Å². The number of benzene rings is 1. The molecule has 2 atom stereocenters. The Bertz CT molecular complexity index is 707. The third-order valence-electron chi connectivity index (χ3n) is 4.26. The number of imidazole rings is 1. The number of nitrogens with one attached hydrogen (secondary N) is 2. The van der Waals surface area contributed by atoms with Crippen molar-refractivity contribution in [2.75, 3.05) is 11.9 Å². The first-order valence-corrected chi connectivity index (χ1v) is 7.29. The maximum absolute atomic E-state index is 11.0. The second kappa shape index (κ2) is 4.62. The first kappa shape index (κ1) is 12.4. The van der Waals surface area contributed by atoms with Crippen LogP contribution in [-0.4, -0.2) is 22.5 Å². The van der Waals surface area contributed by atoms with E-state index in [4.69, 9.17) is 4.74 Å². The van der Waals surface area contributed by atoms with Crippen molar-refractivity contribution in [1.82, 2.24) is 9.97 Å². The van der Waals surface area contributed by atoms with Gasteiger partial charge in [0.1, 0.15) is 5.75 Å². The number of carbonyl (C=O) groups is 1. The Morgan fingerprint density at radius 1 is 1.43 bits per heavy atom. The van der Waals surface area contributed by atoms with Crippen molar-refractivity contribution in [3.05, 3.63) is 41.2 Å². The number of aromatic nitrogens is 2. The van der Waals surface area contributed by atoms with E-state index in [-0.39, 0.29) is 5.91 Å². The summed E-state index contributed by atoms with van der Waals surface area (Å²) in [7, 11) is 0. The van der Waals surface area contributed by atoms with Crippen LogP contribution in [0.4, 0.5) is 5.95 Å². The number of anilines is 1. The van der Waals surface area contributed by atoms with E-state index in [1.807, 2.05) is 12.3 Å². The maximum atomic E-state index is 11.0. The summed E-state index contributed by atoms with van der Waals surface area (Å²) in [5, 5.41) is 2.68. The Labute approximate surface area is 122 Å². The lowest BCUT2D eigenvalue weighted by molar-refractivity contribution is -0.114. The summed E-state index contributed by atoms with van der Waals surface area (Å²) in [5.74, 6) is 2.46. The molecular weight excluding hydrogens is 266 g/mol. The SMILES string of the molecule is CC(=O)Nc1ncc(C2CC2c2cccc3c2CCO3)[nH]1. The van der Waals surface area contributed by atoms with Crippen molar-refractivity contribution in [3.63, 3.8) is 0 Å². The first-order chi connectivity index (χ1) is 10.2. The molecule has 0 saturated heterocycles. The molecule has 2 aromatic rings. The normalized spacial score (nSPS) is 22.5. The number of ether oxygens (including phenoxy) is 1. The lowest BCUT2D eigenvalue weighted by atomic mass is 9.99. The number of fused-ring (bicyclic) bond motifs is 1. The second-order valence-electron chi connectivity index (χ2n) is 5.74. The minimum atomic E-state index is -0.110. The van der Waals surface area contributed by atoms with Crippen molar-refractivity contribution < 1.29 is 9.53 Å². The van der Waals surface area contributed by atoms with Gasteiger partial charge in [-0.15, -0.1) is 0 Å². The molecule has 21 heavy (non-hydrogen) atoms. The summed E-state index contributed by atoms with van der Waals surface area (Å²) in [5.41, 5.74) is 3.87. The molecule has 1 aromatic heterocycles. The predicted octanol–water partition coefficient (Wildman–Crippen LogP) is 2.57. The molecule has 1 aliphatic heterocycles. The van der Waals surface area contributed by atoms with Gasteiger partial charge in [-0.05, 0) is 24.0 Å². The van der Waals surface area contributed by atoms with Gasteiger partial charge < -0.3 is 9.72 Å². The Balaban J connectivity index is 1.55. The van der Waals surface area contributed by atoms with E-state index >= 15 is 0 Å². The van der Waals surface area contributed by atoms with Crippen LogP contribution in [0.25, 0.3) is 0 Å². The average molecular weight is 283 g/mol. The Hall–Kier alpha value is -2.30. The third-order valence-corrected chi connectivity index (χ3v) is 4.26. The van der Waals surface area contributed by atoms with Gasteiger partial charge in [-0.1, -0.05) is 12.1 Å². The van der Waals surface area contributed by atoms with Crippen molar-refractivity contribution in [3.8, 4) is 5.75 Å². The minimum Gasteiger partial charge on any atom is -0.493 e. The van der Waals surface area contributed by atoms with E-state index in [2.05, 4.69) is 27.4 Å². The number of hydrogen-bond donors (Lipinski definition) is 2. The van der Waals surface area contributed by atoms with Gasteiger partial charge in [0, 0.05) is 30.5 Å². The molecule has 4 rings (SSSR count). The van der Waals surface area contributed by atoms with E-state index < -0.39 is 0 Å². The van der Waals surface area contributed by atoms with Crippen LogP contribution >= 0.6 is 0 Å². The highest BCUT2D eigenvalue weighted by atomic mass is 16.5. The quantitative estimate of drug-likeness (QED) is 0.909. The van der Waals surface area contributed by atoms with Gasteiger partial charge in [-0.3, -0.25) is 10.1 Å². The molecule has 2 N–H and O–H groups in total. The molecule has 0 spiro atoms. The maximum Gasteiger partial charge on any atom is 0.223 e. The highest BCUT2D eigenvalue weighted by molar-refractivity contribution is 5.86. The van der Waals surface area contributed by atoms with Crippen LogP contribution in [-0.2, 0) is 11.2 Å². The van der Waals surface area contributed by atoms with E-state index in [9.17, 15) is 4.79 Å². The summed E-state index contributed by atoms with van der Waals surface area (Å²) in [6.07, 6.45) is 3.96. The summed E-state index contributed by atoms with van der Waals surface area (Å²) < 4.78 is 5.64. The average Bonchev–Trinajstić information content (AvgIpc) is 2.88. The minimum absolute atomic E-state index is 0.110. The molecule has 1 fully saturated rings. The number of carbonyl (C=O) groups excluding carboxylic acids is 1. The molecule has 2 heterocycles. The van der Waals surface area contributed by atoms with Crippen LogP contribution in [0, 0.1) is 0 Å². The van der Waals surface area contributed by atoms with E-state index in [1.54, 1.807) is 0 Å². The number of H-pyrrole nitrogens is 1. The molecule has 0 bridgehead atoms. The molecule has 2 unspecified atom stereocenters. The van der Waals surface area contributed by atoms with Gasteiger partial charge in [0.15, 0.2) is 0 Å². The predicted molar refractivity (Wildman–Crippen MR) is 78.6 cm³/mol. The number of rotatable bonds is 3. The van der Waals surface area contributed by atoms with Gasteiger partial charge >= 0.3 is 0 Å². The largest absolute Gasteiger partial charge is 0.493 e. The standard InChI is InChI=1S/C16H17N3O2/c1-9(20)18-16-17-8-14(19-16)13-7-12(13)10-3-2-4-15-11(10)5-6-21-15/h2-4,8,12-13H,5-7H2,1H3,(H2,17,18,19,20). The van der Waals surface area contributed by atoms with Crippen molar-refractivity contribution >= 4 is 11.9 Å². The van der Waals surface area contributed by atoms with Crippen LogP contribution < -0.4 is 10.1 Å². The third kappa shape index (κ3) is 2.18. The fourth-order valence-corrected chi connectivity index (χ4v) is 3.23. The number of aromatic amines is 1. The molecular formula is C16H17N3O2. The van der Waals surface area contributed by atoms with Gasteiger partial charge in [-0.25, -0.2) is 4.98 Å². The van der Waals surface area contributed by atoms with Crippen molar-refractivity contribution in [2.45, 2.75) is 31.6 Å². The zero-order valence-electron chi connectivity index (χ0n) is 11.8. The van der Waals surface area contributed by atoms with Gasteiger partial charge in [0.25, 0.3) is 0 Å². The molecule has 5 nitrogen and oxygen atoms in total. The lowest BCUT2D eigenvalue weighted by Gasteiger charge is -2.06. The van der Waals surface area contributed by atoms with E-state index in [0.29, 0.717) is 17.8 Å². The lowest BCUT2D eigenvalue weighted by Crippen LogP contribution is -2.06. The van der Waals surface area contributed by atoms with Gasteiger partial charge in [-0.2, -0.15) is 0 Å². The topological polar surface area (TPSA) is 67.0 Å². The summed E-state index contributed by atoms with van der Waals surface area (Å²) in [6.45, 7) is 2.27. The van der Waals surface area contributed by atoms with Crippen LogP contribution in [0.5, 0.6) is 5.75 Å². The van der Waals surface area contributed by atoms with Crippen molar-refractivity contribution in [2.24, 2.45) is 0 Å². The Morgan fingerprint density at radius 3 is 3.19 bits per heavy atom. The van der Waals surface area contributed by atoms with Gasteiger partial charge in [0.05, 0.1) is 12.8 Å². The first-order valence-electron chi connectivity index (χ1n) is 7.29. The molecule has 1 aliphatic carbocycles. The molecule has 2 aliphatic rings. The fraction of sp³-hybridized carbons (Fsp3) is 0.375. The molecule has 1 amide bonds.